The molecule has 0 atom stereocenters. The minimum Gasteiger partial charge on any atom is -0.450 e. The number of amides is 1. The standard InChI is InChI=1S/C13H20N2O2/c1-4-17-12(16)15-11-7-5-10(6-8-11)13(2,3)9-14/h5-8H,4,9,14H2,1-3H3,(H,15,16). The maximum Gasteiger partial charge on any atom is 0.411 e. The summed E-state index contributed by atoms with van der Waals surface area (Å²) in [5, 5.41) is 2.65. The Labute approximate surface area is 102 Å². The molecule has 0 aliphatic rings. The highest BCUT2D eigenvalue weighted by Crippen LogP contribution is 2.23. The first-order valence-electron chi connectivity index (χ1n) is 5.74. The minimum atomic E-state index is -0.432. The Bertz CT molecular complexity index is 372. The first kappa shape index (κ1) is 13.5. The quantitative estimate of drug-likeness (QED) is 0.844. The van der Waals surface area contributed by atoms with Crippen molar-refractivity contribution in [3.63, 3.8) is 0 Å². The predicted molar refractivity (Wildman–Crippen MR) is 69.2 cm³/mol. The molecule has 1 rings (SSSR count). The minimum absolute atomic E-state index is 0.0531. The zero-order valence-electron chi connectivity index (χ0n) is 10.6. The van der Waals surface area contributed by atoms with Crippen molar-refractivity contribution in [3.05, 3.63) is 29.8 Å². The van der Waals surface area contributed by atoms with E-state index in [4.69, 9.17) is 10.5 Å². The van der Waals surface area contributed by atoms with Gasteiger partial charge in [-0.1, -0.05) is 26.0 Å². The van der Waals surface area contributed by atoms with E-state index in [1.54, 1.807) is 6.92 Å². The van der Waals surface area contributed by atoms with Crippen molar-refractivity contribution in [2.45, 2.75) is 26.2 Å². The zero-order valence-corrected chi connectivity index (χ0v) is 10.6. The highest BCUT2D eigenvalue weighted by Gasteiger charge is 2.17. The van der Waals surface area contributed by atoms with Crippen molar-refractivity contribution >= 4 is 11.8 Å². The number of hydrogen-bond acceptors (Lipinski definition) is 3. The largest absolute Gasteiger partial charge is 0.450 e. The predicted octanol–water partition coefficient (Wildman–Crippen LogP) is 2.49. The molecule has 94 valence electrons. The molecule has 0 saturated heterocycles. The second-order valence-corrected chi connectivity index (χ2v) is 4.51. The van der Waals surface area contributed by atoms with E-state index in [1.165, 1.54) is 0 Å². The average molecular weight is 236 g/mol. The van der Waals surface area contributed by atoms with E-state index in [-0.39, 0.29) is 5.41 Å². The number of anilines is 1. The molecule has 1 aromatic rings. The summed E-state index contributed by atoms with van der Waals surface area (Å²) < 4.78 is 4.79. The Balaban J connectivity index is 2.72. The van der Waals surface area contributed by atoms with E-state index in [0.717, 1.165) is 11.3 Å². The number of nitrogens with one attached hydrogen (secondary N) is 1. The molecule has 0 radical (unpaired) electrons. The number of hydrogen-bond donors (Lipinski definition) is 2. The van der Waals surface area contributed by atoms with Crippen molar-refractivity contribution in [2.24, 2.45) is 5.73 Å². The smallest absolute Gasteiger partial charge is 0.411 e. The molecule has 3 N–H and O–H groups in total. The maximum absolute atomic E-state index is 11.2. The molecule has 17 heavy (non-hydrogen) atoms. The SMILES string of the molecule is CCOC(=O)Nc1ccc(C(C)(C)CN)cc1. The molecule has 0 bridgehead atoms. The summed E-state index contributed by atoms with van der Waals surface area (Å²) in [4.78, 5) is 11.2. The Morgan fingerprint density at radius 2 is 1.94 bits per heavy atom. The summed E-state index contributed by atoms with van der Waals surface area (Å²) in [5.41, 5.74) is 7.52. The van der Waals surface area contributed by atoms with E-state index in [2.05, 4.69) is 19.2 Å². The Kier molecular flexibility index (Phi) is 4.52. The van der Waals surface area contributed by atoms with Gasteiger partial charge in [-0.2, -0.15) is 0 Å². The van der Waals surface area contributed by atoms with Gasteiger partial charge in [0.05, 0.1) is 6.61 Å². The van der Waals surface area contributed by atoms with Crippen LogP contribution in [0.15, 0.2) is 24.3 Å². The van der Waals surface area contributed by atoms with Gasteiger partial charge in [-0.25, -0.2) is 4.79 Å². The lowest BCUT2D eigenvalue weighted by Gasteiger charge is -2.23. The van der Waals surface area contributed by atoms with Gasteiger partial charge in [0.25, 0.3) is 0 Å². The molecule has 0 saturated carbocycles. The van der Waals surface area contributed by atoms with Crippen LogP contribution in [0.4, 0.5) is 10.5 Å². The number of nitrogens with two attached hydrogens (primary N) is 1. The van der Waals surface area contributed by atoms with Crippen LogP contribution in [0.5, 0.6) is 0 Å². The van der Waals surface area contributed by atoms with E-state index in [1.807, 2.05) is 24.3 Å². The number of rotatable bonds is 4. The first-order chi connectivity index (χ1) is 7.99. The summed E-state index contributed by atoms with van der Waals surface area (Å²) in [6.45, 7) is 6.88. The number of ether oxygens (including phenoxy) is 1. The van der Waals surface area contributed by atoms with Gasteiger partial charge < -0.3 is 10.5 Å². The Hall–Kier alpha value is -1.55. The van der Waals surface area contributed by atoms with Gasteiger partial charge in [-0.05, 0) is 24.6 Å². The van der Waals surface area contributed by atoms with Gasteiger partial charge in [-0.15, -0.1) is 0 Å². The van der Waals surface area contributed by atoms with E-state index < -0.39 is 6.09 Å². The van der Waals surface area contributed by atoms with Gasteiger partial charge in [0.15, 0.2) is 0 Å². The van der Waals surface area contributed by atoms with E-state index >= 15 is 0 Å². The summed E-state index contributed by atoms with van der Waals surface area (Å²) in [6.07, 6.45) is -0.432. The average Bonchev–Trinajstić information content (AvgIpc) is 2.30. The Morgan fingerprint density at radius 3 is 2.41 bits per heavy atom. The molecule has 0 fully saturated rings. The lowest BCUT2D eigenvalue weighted by molar-refractivity contribution is 0.168. The van der Waals surface area contributed by atoms with Gasteiger partial charge in [0.2, 0.25) is 0 Å². The number of carbonyl (C=O) groups is 1. The zero-order chi connectivity index (χ0) is 12.9. The topological polar surface area (TPSA) is 64.3 Å². The van der Waals surface area contributed by atoms with Crippen LogP contribution in [0, 0.1) is 0 Å². The molecule has 0 aliphatic carbocycles. The van der Waals surface area contributed by atoms with Crippen molar-refractivity contribution in [2.75, 3.05) is 18.5 Å². The molecule has 1 aromatic carbocycles. The van der Waals surface area contributed by atoms with Crippen LogP contribution >= 0.6 is 0 Å². The van der Waals surface area contributed by atoms with Crippen molar-refractivity contribution < 1.29 is 9.53 Å². The normalized spacial score (nSPS) is 11.1. The second-order valence-electron chi connectivity index (χ2n) is 4.51. The molecule has 0 aromatic heterocycles. The summed E-state index contributed by atoms with van der Waals surface area (Å²) >= 11 is 0. The molecular formula is C13H20N2O2. The van der Waals surface area contributed by atoms with E-state index in [0.29, 0.717) is 13.2 Å². The molecule has 1 amide bonds. The van der Waals surface area contributed by atoms with Crippen molar-refractivity contribution in [3.8, 4) is 0 Å². The van der Waals surface area contributed by atoms with Gasteiger partial charge in [0.1, 0.15) is 0 Å². The third kappa shape index (κ3) is 3.75. The van der Waals surface area contributed by atoms with E-state index in [9.17, 15) is 4.79 Å². The molecule has 4 nitrogen and oxygen atoms in total. The second kappa shape index (κ2) is 5.68. The number of benzene rings is 1. The van der Waals surface area contributed by atoms with Crippen LogP contribution in [0.2, 0.25) is 0 Å². The van der Waals surface area contributed by atoms with Gasteiger partial charge in [0, 0.05) is 17.6 Å². The molecular weight excluding hydrogens is 216 g/mol. The van der Waals surface area contributed by atoms with Crippen LogP contribution in [0.25, 0.3) is 0 Å². The highest BCUT2D eigenvalue weighted by atomic mass is 16.5. The molecule has 0 heterocycles. The van der Waals surface area contributed by atoms with Gasteiger partial charge in [-0.3, -0.25) is 5.32 Å². The molecule has 0 unspecified atom stereocenters. The maximum atomic E-state index is 11.2. The molecule has 0 aliphatic heterocycles. The third-order valence-electron chi connectivity index (χ3n) is 2.70. The lowest BCUT2D eigenvalue weighted by Crippen LogP contribution is -2.28. The van der Waals surface area contributed by atoms with Gasteiger partial charge >= 0.3 is 6.09 Å². The molecule has 0 spiro atoms. The van der Waals surface area contributed by atoms with Crippen LogP contribution < -0.4 is 11.1 Å². The van der Waals surface area contributed by atoms with Crippen LogP contribution in [-0.4, -0.2) is 19.2 Å². The number of carbonyl (C=O) groups excluding carboxylic acids is 1. The summed E-state index contributed by atoms with van der Waals surface area (Å²) in [5.74, 6) is 0. The summed E-state index contributed by atoms with van der Waals surface area (Å²) in [7, 11) is 0. The first-order valence-corrected chi connectivity index (χ1v) is 5.74. The fourth-order valence-electron chi connectivity index (χ4n) is 1.41. The Morgan fingerprint density at radius 1 is 1.35 bits per heavy atom. The molecule has 4 heteroatoms. The van der Waals surface area contributed by atoms with Crippen LogP contribution in [0.1, 0.15) is 26.3 Å². The lowest BCUT2D eigenvalue weighted by atomic mass is 9.85. The van der Waals surface area contributed by atoms with Crippen LogP contribution in [0.3, 0.4) is 0 Å². The fourth-order valence-corrected chi connectivity index (χ4v) is 1.41. The van der Waals surface area contributed by atoms with Crippen molar-refractivity contribution in [1.29, 1.82) is 0 Å². The summed E-state index contributed by atoms with van der Waals surface area (Å²) in [6, 6.07) is 7.64. The highest BCUT2D eigenvalue weighted by molar-refractivity contribution is 5.84. The third-order valence-corrected chi connectivity index (χ3v) is 2.70. The van der Waals surface area contributed by atoms with Crippen molar-refractivity contribution in [1.82, 2.24) is 0 Å². The van der Waals surface area contributed by atoms with Crippen LogP contribution in [-0.2, 0) is 10.2 Å². The fraction of sp³-hybridized carbons (Fsp3) is 0.462. The monoisotopic (exact) mass is 236 g/mol.